The Bertz CT molecular complexity index is 1540. The zero-order valence-corrected chi connectivity index (χ0v) is 20.6. The summed E-state index contributed by atoms with van der Waals surface area (Å²) in [6, 6.07) is 23.1. The average Bonchev–Trinajstić information content (AvgIpc) is 3.27. The van der Waals surface area contributed by atoms with E-state index < -0.39 is 0 Å². The van der Waals surface area contributed by atoms with E-state index in [1.807, 2.05) is 54.6 Å². The van der Waals surface area contributed by atoms with E-state index in [0.29, 0.717) is 28.8 Å². The molecule has 0 fully saturated rings. The topological polar surface area (TPSA) is 64.4 Å². The lowest BCUT2D eigenvalue weighted by Gasteiger charge is -2.13. The minimum atomic E-state index is -0.224. The third kappa shape index (κ3) is 4.05. The van der Waals surface area contributed by atoms with Crippen LogP contribution in [0.1, 0.15) is 35.7 Å². The Hall–Kier alpha value is -3.64. The Kier molecular flexibility index (Phi) is 5.84. The molecule has 0 aliphatic rings. The lowest BCUT2D eigenvalue weighted by molar-refractivity contribution is 0.102. The van der Waals surface area contributed by atoms with Crippen molar-refractivity contribution in [1.82, 2.24) is 4.98 Å². The summed E-state index contributed by atoms with van der Waals surface area (Å²) in [5.74, 6) is 1.22. The zero-order chi connectivity index (χ0) is 23.8. The highest BCUT2D eigenvalue weighted by Gasteiger charge is 2.16. The molecule has 0 aliphatic carbocycles. The van der Waals surface area contributed by atoms with Gasteiger partial charge in [0.25, 0.3) is 5.91 Å². The highest BCUT2D eigenvalue weighted by Crippen LogP contribution is 2.34. The lowest BCUT2D eigenvalue weighted by Crippen LogP contribution is -2.13. The number of aromatic nitrogens is 1. The molecule has 34 heavy (non-hydrogen) atoms. The molecule has 0 atom stereocenters. The molecule has 1 heterocycles. The van der Waals surface area contributed by atoms with E-state index in [2.05, 4.69) is 52.2 Å². The van der Waals surface area contributed by atoms with Gasteiger partial charge in [0.15, 0.2) is 5.58 Å². The summed E-state index contributed by atoms with van der Waals surface area (Å²) in [5, 5.41) is 4.85. The van der Waals surface area contributed by atoms with Crippen LogP contribution in [0.15, 0.2) is 81.7 Å². The number of hydrogen-bond donors (Lipinski definition) is 1. The summed E-state index contributed by atoms with van der Waals surface area (Å²) >= 11 is 3.56. The van der Waals surface area contributed by atoms with E-state index in [1.165, 1.54) is 5.56 Å². The largest absolute Gasteiger partial charge is 0.495 e. The molecular weight excluding hydrogens is 492 g/mol. The van der Waals surface area contributed by atoms with Crippen molar-refractivity contribution in [3.05, 3.63) is 88.4 Å². The molecule has 0 radical (unpaired) electrons. The monoisotopic (exact) mass is 514 g/mol. The molecule has 0 aliphatic heterocycles. The highest BCUT2D eigenvalue weighted by atomic mass is 79.9. The first kappa shape index (κ1) is 22.2. The molecule has 0 unspecified atom stereocenters. The van der Waals surface area contributed by atoms with Gasteiger partial charge in [-0.1, -0.05) is 60.1 Å². The van der Waals surface area contributed by atoms with Crippen LogP contribution in [-0.2, 0) is 0 Å². The van der Waals surface area contributed by atoms with Crippen LogP contribution in [0.3, 0.4) is 0 Å². The third-order valence-electron chi connectivity index (χ3n) is 5.89. The maximum atomic E-state index is 13.3. The zero-order valence-electron chi connectivity index (χ0n) is 19.1. The van der Waals surface area contributed by atoms with E-state index in [9.17, 15) is 4.79 Å². The molecule has 5 aromatic rings. The van der Waals surface area contributed by atoms with Crippen LogP contribution in [0.5, 0.6) is 5.75 Å². The second-order valence-electron chi connectivity index (χ2n) is 8.41. The Balaban J connectivity index is 1.52. The normalized spacial score (nSPS) is 11.3. The molecule has 170 valence electrons. The fourth-order valence-corrected chi connectivity index (χ4v) is 4.52. The number of rotatable bonds is 5. The van der Waals surface area contributed by atoms with Gasteiger partial charge in [0.1, 0.15) is 11.3 Å². The van der Waals surface area contributed by atoms with Crippen molar-refractivity contribution in [1.29, 1.82) is 0 Å². The number of carbonyl (C=O) groups is 1. The number of benzene rings is 4. The minimum Gasteiger partial charge on any atom is -0.495 e. The van der Waals surface area contributed by atoms with Crippen molar-refractivity contribution in [3.8, 4) is 17.2 Å². The van der Waals surface area contributed by atoms with Crippen LogP contribution in [0.4, 0.5) is 5.69 Å². The van der Waals surface area contributed by atoms with Gasteiger partial charge in [0.05, 0.1) is 12.8 Å². The van der Waals surface area contributed by atoms with Crippen LogP contribution in [0.2, 0.25) is 0 Å². The number of oxazole rings is 1. The van der Waals surface area contributed by atoms with E-state index >= 15 is 0 Å². The number of carbonyl (C=O) groups excluding carboxylic acids is 1. The van der Waals surface area contributed by atoms with Gasteiger partial charge in [-0.05, 0) is 64.7 Å². The van der Waals surface area contributed by atoms with E-state index in [4.69, 9.17) is 9.15 Å². The van der Waals surface area contributed by atoms with Crippen molar-refractivity contribution in [2.45, 2.75) is 19.8 Å². The first-order chi connectivity index (χ1) is 16.4. The van der Waals surface area contributed by atoms with Gasteiger partial charge in [0.2, 0.25) is 5.89 Å². The molecule has 1 N–H and O–H groups in total. The lowest BCUT2D eigenvalue weighted by atomic mass is 10.0. The van der Waals surface area contributed by atoms with Gasteiger partial charge in [0, 0.05) is 15.6 Å². The smallest absolute Gasteiger partial charge is 0.256 e. The van der Waals surface area contributed by atoms with E-state index in [0.717, 1.165) is 31.9 Å². The number of amides is 1. The number of nitrogens with zero attached hydrogens (tertiary/aromatic N) is 1. The maximum absolute atomic E-state index is 13.3. The number of fused-ring (bicyclic) bond motifs is 2. The third-order valence-corrected chi connectivity index (χ3v) is 6.58. The number of halogens is 1. The summed E-state index contributed by atoms with van der Waals surface area (Å²) in [6.07, 6.45) is 0. The van der Waals surface area contributed by atoms with Gasteiger partial charge in [-0.25, -0.2) is 4.98 Å². The van der Waals surface area contributed by atoms with Gasteiger partial charge in [-0.2, -0.15) is 0 Å². The van der Waals surface area contributed by atoms with Gasteiger partial charge < -0.3 is 14.5 Å². The predicted octanol–water partition coefficient (Wildman–Crippen LogP) is 7.79. The fourth-order valence-electron chi connectivity index (χ4n) is 4.03. The van der Waals surface area contributed by atoms with Crippen molar-refractivity contribution >= 4 is 49.4 Å². The molecule has 4 aromatic carbocycles. The quantitative estimate of drug-likeness (QED) is 0.260. The summed E-state index contributed by atoms with van der Waals surface area (Å²) < 4.78 is 12.5. The highest BCUT2D eigenvalue weighted by molar-refractivity contribution is 9.10. The van der Waals surface area contributed by atoms with E-state index in [-0.39, 0.29) is 5.91 Å². The Labute approximate surface area is 205 Å². The second-order valence-corrected chi connectivity index (χ2v) is 9.26. The van der Waals surface area contributed by atoms with Crippen LogP contribution >= 0.6 is 15.9 Å². The Morgan fingerprint density at radius 1 is 1.00 bits per heavy atom. The maximum Gasteiger partial charge on any atom is 0.256 e. The number of nitrogens with one attached hydrogen (secondary N) is 1. The summed E-state index contributed by atoms with van der Waals surface area (Å²) in [7, 11) is 1.58. The molecule has 5 nitrogen and oxygen atoms in total. The van der Waals surface area contributed by atoms with E-state index in [1.54, 1.807) is 13.2 Å². The molecule has 5 rings (SSSR count). The molecule has 0 spiro atoms. The van der Waals surface area contributed by atoms with Gasteiger partial charge >= 0.3 is 0 Å². The minimum absolute atomic E-state index is 0.224. The first-order valence-corrected chi connectivity index (χ1v) is 11.8. The standard InChI is InChI=1S/C28H23BrN2O3/c1-16(2)17-10-13-26-24(14-17)31-28(34-26)18-11-12-25(33-3)23(15-18)30-27(32)21-8-4-7-20-19(21)6-5-9-22(20)29/h4-16H,1-3H3,(H,30,32). The van der Waals surface area contributed by atoms with Crippen LogP contribution in [0, 0.1) is 0 Å². The molecule has 0 bridgehead atoms. The number of hydrogen-bond acceptors (Lipinski definition) is 4. The molecule has 6 heteroatoms. The van der Waals surface area contributed by atoms with Crippen molar-refractivity contribution in [2.75, 3.05) is 12.4 Å². The summed E-state index contributed by atoms with van der Waals surface area (Å²) in [4.78, 5) is 18.0. The SMILES string of the molecule is COc1ccc(-c2nc3cc(C(C)C)ccc3o2)cc1NC(=O)c1cccc2c(Br)cccc12. The molecular formula is C28H23BrN2O3. The van der Waals surface area contributed by atoms with Crippen LogP contribution in [0.25, 0.3) is 33.3 Å². The average molecular weight is 515 g/mol. The van der Waals surface area contributed by atoms with Crippen LogP contribution in [-0.4, -0.2) is 18.0 Å². The first-order valence-electron chi connectivity index (χ1n) is 11.0. The van der Waals surface area contributed by atoms with Crippen LogP contribution < -0.4 is 10.1 Å². The Morgan fingerprint density at radius 2 is 1.79 bits per heavy atom. The summed E-state index contributed by atoms with van der Waals surface area (Å²) in [6.45, 7) is 4.30. The number of anilines is 1. The van der Waals surface area contributed by atoms with Gasteiger partial charge in [-0.15, -0.1) is 0 Å². The van der Waals surface area contributed by atoms with Gasteiger partial charge in [-0.3, -0.25) is 4.79 Å². The molecule has 0 saturated heterocycles. The van der Waals surface area contributed by atoms with Crippen molar-refractivity contribution in [3.63, 3.8) is 0 Å². The number of methoxy groups -OCH3 is 1. The molecule has 1 amide bonds. The number of ether oxygens (including phenoxy) is 1. The predicted molar refractivity (Wildman–Crippen MR) is 140 cm³/mol. The van der Waals surface area contributed by atoms with Crippen molar-refractivity contribution in [2.24, 2.45) is 0 Å². The van der Waals surface area contributed by atoms with Crippen molar-refractivity contribution < 1.29 is 13.9 Å². The molecule has 0 saturated carbocycles. The second kappa shape index (κ2) is 8.95. The summed E-state index contributed by atoms with van der Waals surface area (Å²) in [5.41, 5.74) is 4.61. The molecule has 1 aromatic heterocycles. The fraction of sp³-hybridized carbons (Fsp3) is 0.143. The Morgan fingerprint density at radius 3 is 2.59 bits per heavy atom.